The molecule has 2 aromatic rings. The molecule has 0 radical (unpaired) electrons. The summed E-state index contributed by atoms with van der Waals surface area (Å²) in [4.78, 5) is 8.66. The lowest BCUT2D eigenvalue weighted by molar-refractivity contribution is 0.651. The van der Waals surface area contributed by atoms with Gasteiger partial charge in [0.2, 0.25) is 0 Å². The van der Waals surface area contributed by atoms with Gasteiger partial charge in [0, 0.05) is 25.5 Å². The molecule has 2 rings (SSSR count). The molecule has 0 spiro atoms. The zero-order valence-corrected chi connectivity index (χ0v) is 13.0. The molecule has 0 aliphatic rings. The van der Waals surface area contributed by atoms with Gasteiger partial charge in [0.1, 0.15) is 12.4 Å². The first-order valence-electron chi connectivity index (χ1n) is 7.37. The Morgan fingerprint density at radius 2 is 2.14 bits per heavy atom. The van der Waals surface area contributed by atoms with Crippen LogP contribution in [0, 0.1) is 0 Å². The van der Waals surface area contributed by atoms with Crippen LogP contribution in [0.1, 0.15) is 18.3 Å². The first-order valence-corrected chi connectivity index (χ1v) is 7.37. The van der Waals surface area contributed by atoms with Crippen molar-refractivity contribution < 1.29 is 0 Å². The number of nitrogens with one attached hydrogen (secondary N) is 1. The highest BCUT2D eigenvalue weighted by Gasteiger charge is 2.03. The van der Waals surface area contributed by atoms with Gasteiger partial charge < -0.3 is 15.6 Å². The Hall–Kier alpha value is -2.56. The predicted molar refractivity (Wildman–Crippen MR) is 90.5 cm³/mol. The minimum Gasteiger partial charge on any atom is -0.370 e. The van der Waals surface area contributed by atoms with Crippen LogP contribution >= 0.6 is 0 Å². The Bertz CT molecular complexity index is 628. The summed E-state index contributed by atoms with van der Waals surface area (Å²) in [7, 11) is 0. The van der Waals surface area contributed by atoms with E-state index < -0.39 is 0 Å². The number of guanidine groups is 1. The average molecular weight is 297 g/mol. The van der Waals surface area contributed by atoms with Gasteiger partial charge in [0.05, 0.1) is 0 Å². The molecular formula is C17H23N5. The SMILES string of the molecule is C=C(C)CNC(N)=NCc1nccn1CCc1ccccc1. The fourth-order valence-corrected chi connectivity index (χ4v) is 2.04. The van der Waals surface area contributed by atoms with Crippen molar-refractivity contribution in [3.05, 3.63) is 66.3 Å². The van der Waals surface area contributed by atoms with E-state index in [0.717, 1.165) is 24.4 Å². The Morgan fingerprint density at radius 3 is 2.86 bits per heavy atom. The van der Waals surface area contributed by atoms with Crippen LogP contribution in [0.4, 0.5) is 0 Å². The fourth-order valence-electron chi connectivity index (χ4n) is 2.04. The van der Waals surface area contributed by atoms with E-state index in [4.69, 9.17) is 5.73 Å². The van der Waals surface area contributed by atoms with Crippen molar-refractivity contribution in [1.82, 2.24) is 14.9 Å². The van der Waals surface area contributed by atoms with Crippen LogP contribution in [0.2, 0.25) is 0 Å². The van der Waals surface area contributed by atoms with Gasteiger partial charge in [0.25, 0.3) is 0 Å². The fraction of sp³-hybridized carbons (Fsp3) is 0.294. The third-order valence-corrected chi connectivity index (χ3v) is 3.25. The highest BCUT2D eigenvalue weighted by atomic mass is 15.1. The maximum atomic E-state index is 5.81. The molecule has 5 heteroatoms. The third-order valence-electron chi connectivity index (χ3n) is 3.25. The number of aliphatic imine (C=N–C) groups is 1. The van der Waals surface area contributed by atoms with Crippen molar-refractivity contribution in [2.45, 2.75) is 26.4 Å². The van der Waals surface area contributed by atoms with Gasteiger partial charge in [-0.05, 0) is 18.9 Å². The Morgan fingerprint density at radius 1 is 1.36 bits per heavy atom. The third kappa shape index (κ3) is 5.09. The number of rotatable bonds is 7. The van der Waals surface area contributed by atoms with Gasteiger partial charge >= 0.3 is 0 Å². The van der Waals surface area contributed by atoms with Crippen LogP contribution < -0.4 is 11.1 Å². The molecule has 1 heterocycles. The normalized spacial score (nSPS) is 11.4. The Labute approximate surface area is 131 Å². The molecule has 0 saturated carbocycles. The second kappa shape index (κ2) is 8.02. The molecule has 0 bridgehead atoms. The second-order valence-electron chi connectivity index (χ2n) is 5.28. The molecule has 0 saturated heterocycles. The van der Waals surface area contributed by atoms with Crippen molar-refractivity contribution in [3.63, 3.8) is 0 Å². The van der Waals surface area contributed by atoms with E-state index in [1.54, 1.807) is 6.20 Å². The van der Waals surface area contributed by atoms with Crippen LogP contribution in [0.5, 0.6) is 0 Å². The first kappa shape index (κ1) is 15.8. The average Bonchev–Trinajstić information content (AvgIpc) is 2.97. The standard InChI is InChI=1S/C17H23N5/c1-14(2)12-20-17(18)21-13-16-19-9-11-22(16)10-8-15-6-4-3-5-7-15/h3-7,9,11H,1,8,10,12-13H2,2H3,(H3,18,20,21). The maximum absolute atomic E-state index is 5.81. The molecule has 0 fully saturated rings. The molecule has 1 aromatic heterocycles. The van der Waals surface area contributed by atoms with E-state index in [1.807, 2.05) is 19.2 Å². The van der Waals surface area contributed by atoms with E-state index in [-0.39, 0.29) is 0 Å². The number of nitrogens with zero attached hydrogens (tertiary/aromatic N) is 3. The summed E-state index contributed by atoms with van der Waals surface area (Å²) in [5.41, 5.74) is 8.14. The molecular weight excluding hydrogens is 274 g/mol. The minimum absolute atomic E-state index is 0.417. The lowest BCUT2D eigenvalue weighted by atomic mass is 10.1. The van der Waals surface area contributed by atoms with Gasteiger partial charge in [-0.2, -0.15) is 0 Å². The summed E-state index contributed by atoms with van der Waals surface area (Å²) in [6, 6.07) is 10.4. The molecule has 1 aromatic carbocycles. The van der Waals surface area contributed by atoms with E-state index in [9.17, 15) is 0 Å². The summed E-state index contributed by atoms with van der Waals surface area (Å²) in [6.45, 7) is 7.74. The lowest BCUT2D eigenvalue weighted by Gasteiger charge is -2.08. The van der Waals surface area contributed by atoms with Crippen LogP contribution in [0.25, 0.3) is 0 Å². The van der Waals surface area contributed by atoms with Crippen LogP contribution in [-0.4, -0.2) is 22.1 Å². The molecule has 0 amide bonds. The first-order chi connectivity index (χ1) is 10.6. The number of hydrogen-bond acceptors (Lipinski definition) is 2. The second-order valence-corrected chi connectivity index (χ2v) is 5.28. The Kier molecular flexibility index (Phi) is 5.77. The van der Waals surface area contributed by atoms with Gasteiger partial charge in [-0.1, -0.05) is 42.5 Å². The zero-order valence-electron chi connectivity index (χ0n) is 13.0. The van der Waals surface area contributed by atoms with E-state index in [0.29, 0.717) is 19.0 Å². The molecule has 116 valence electrons. The van der Waals surface area contributed by atoms with E-state index >= 15 is 0 Å². The molecule has 0 aliphatic heterocycles. The lowest BCUT2D eigenvalue weighted by Crippen LogP contribution is -2.32. The van der Waals surface area contributed by atoms with Crippen LogP contribution in [-0.2, 0) is 19.5 Å². The number of aryl methyl sites for hydroxylation is 2. The highest BCUT2D eigenvalue weighted by Crippen LogP contribution is 2.05. The van der Waals surface area contributed by atoms with Crippen molar-refractivity contribution in [1.29, 1.82) is 0 Å². The van der Waals surface area contributed by atoms with Gasteiger partial charge in [-0.15, -0.1) is 0 Å². The van der Waals surface area contributed by atoms with Crippen molar-refractivity contribution in [3.8, 4) is 0 Å². The van der Waals surface area contributed by atoms with Gasteiger partial charge in [-0.3, -0.25) is 0 Å². The summed E-state index contributed by atoms with van der Waals surface area (Å²) in [5, 5.41) is 3.01. The molecule has 5 nitrogen and oxygen atoms in total. The van der Waals surface area contributed by atoms with Crippen LogP contribution in [0.3, 0.4) is 0 Å². The topological polar surface area (TPSA) is 68.2 Å². The highest BCUT2D eigenvalue weighted by molar-refractivity contribution is 5.77. The zero-order chi connectivity index (χ0) is 15.8. The summed E-state index contributed by atoms with van der Waals surface area (Å²) in [5.74, 6) is 1.33. The summed E-state index contributed by atoms with van der Waals surface area (Å²) >= 11 is 0. The number of nitrogens with two attached hydrogens (primary N) is 1. The van der Waals surface area contributed by atoms with E-state index in [1.165, 1.54) is 5.56 Å². The number of imidazole rings is 1. The molecule has 3 N–H and O–H groups in total. The number of benzene rings is 1. The smallest absolute Gasteiger partial charge is 0.189 e. The molecule has 0 atom stereocenters. The van der Waals surface area contributed by atoms with Gasteiger partial charge in [-0.25, -0.2) is 9.98 Å². The van der Waals surface area contributed by atoms with E-state index in [2.05, 4.69) is 50.7 Å². The molecule has 22 heavy (non-hydrogen) atoms. The molecule has 0 unspecified atom stereocenters. The quantitative estimate of drug-likeness (QED) is 0.467. The predicted octanol–water partition coefficient (Wildman–Crippen LogP) is 2.11. The van der Waals surface area contributed by atoms with Crippen molar-refractivity contribution in [2.24, 2.45) is 10.7 Å². The minimum atomic E-state index is 0.417. The Balaban J connectivity index is 1.89. The number of hydrogen-bond donors (Lipinski definition) is 2. The van der Waals surface area contributed by atoms with Gasteiger partial charge in [0.15, 0.2) is 5.96 Å². The largest absolute Gasteiger partial charge is 0.370 e. The molecule has 0 aliphatic carbocycles. The van der Waals surface area contributed by atoms with Crippen LogP contribution in [0.15, 0.2) is 59.9 Å². The maximum Gasteiger partial charge on any atom is 0.189 e. The van der Waals surface area contributed by atoms with Crippen molar-refractivity contribution in [2.75, 3.05) is 6.54 Å². The number of aromatic nitrogens is 2. The summed E-state index contributed by atoms with van der Waals surface area (Å²) in [6.07, 6.45) is 4.75. The summed E-state index contributed by atoms with van der Waals surface area (Å²) < 4.78 is 2.11. The van der Waals surface area contributed by atoms with Crippen molar-refractivity contribution >= 4 is 5.96 Å². The monoisotopic (exact) mass is 297 g/mol.